The van der Waals surface area contributed by atoms with Crippen LogP contribution in [0.5, 0.6) is 0 Å². The molecule has 26 heavy (non-hydrogen) atoms. The zero-order valence-corrected chi connectivity index (χ0v) is 15.3. The summed E-state index contributed by atoms with van der Waals surface area (Å²) in [5.41, 5.74) is 2.78. The Morgan fingerprint density at radius 2 is 1.96 bits per heavy atom. The molecule has 2 heterocycles. The van der Waals surface area contributed by atoms with Crippen LogP contribution in [-0.2, 0) is 4.74 Å². The maximum atomic E-state index is 12.3. The number of carbonyl (C=O) groups is 1. The van der Waals surface area contributed by atoms with Gasteiger partial charge in [0.15, 0.2) is 0 Å². The highest BCUT2D eigenvalue weighted by molar-refractivity contribution is 5.95. The van der Waals surface area contributed by atoms with Gasteiger partial charge in [0.1, 0.15) is 18.0 Å². The van der Waals surface area contributed by atoms with Crippen molar-refractivity contribution in [3.05, 3.63) is 47.3 Å². The molecule has 2 aromatic rings. The summed E-state index contributed by atoms with van der Waals surface area (Å²) in [5.74, 6) is 1.59. The van der Waals surface area contributed by atoms with Gasteiger partial charge in [0.05, 0.1) is 13.2 Å². The molecule has 1 saturated heterocycles. The zero-order valence-electron chi connectivity index (χ0n) is 15.3. The lowest BCUT2D eigenvalue weighted by atomic mass is 10.1. The summed E-state index contributed by atoms with van der Waals surface area (Å²) in [6.45, 7) is 8.15. The molecule has 1 amide bonds. The molecule has 1 aromatic carbocycles. The maximum absolute atomic E-state index is 12.3. The molecule has 138 valence electrons. The van der Waals surface area contributed by atoms with E-state index in [1.807, 2.05) is 38.1 Å². The normalized spacial score (nSPS) is 14.2. The van der Waals surface area contributed by atoms with Crippen molar-refractivity contribution >= 4 is 17.5 Å². The number of hydrogen-bond donors (Lipinski definition) is 2. The van der Waals surface area contributed by atoms with Gasteiger partial charge in [-0.1, -0.05) is 17.7 Å². The number of morpholine rings is 1. The van der Waals surface area contributed by atoms with E-state index in [1.54, 1.807) is 6.33 Å². The van der Waals surface area contributed by atoms with E-state index in [2.05, 4.69) is 25.5 Å². The molecule has 3 rings (SSSR count). The first-order chi connectivity index (χ1) is 12.6. The van der Waals surface area contributed by atoms with Crippen LogP contribution in [0.4, 0.5) is 11.6 Å². The first-order valence-corrected chi connectivity index (χ1v) is 8.87. The van der Waals surface area contributed by atoms with Crippen molar-refractivity contribution in [2.75, 3.05) is 49.6 Å². The molecule has 0 saturated carbocycles. The lowest BCUT2D eigenvalue weighted by Crippen LogP contribution is -2.36. The fraction of sp³-hybridized carbons (Fsp3) is 0.421. The molecule has 0 unspecified atom stereocenters. The second kappa shape index (κ2) is 8.62. The number of rotatable bonds is 6. The van der Waals surface area contributed by atoms with Crippen LogP contribution in [0.25, 0.3) is 0 Å². The first kappa shape index (κ1) is 18.1. The van der Waals surface area contributed by atoms with Crippen molar-refractivity contribution < 1.29 is 9.53 Å². The van der Waals surface area contributed by atoms with E-state index in [9.17, 15) is 4.79 Å². The molecule has 0 bridgehead atoms. The number of hydrogen-bond acceptors (Lipinski definition) is 6. The number of carbonyl (C=O) groups excluding carboxylic acids is 1. The lowest BCUT2D eigenvalue weighted by molar-refractivity contribution is 0.0954. The van der Waals surface area contributed by atoms with Gasteiger partial charge in [0.25, 0.3) is 5.91 Å². The van der Waals surface area contributed by atoms with Crippen LogP contribution in [0.2, 0.25) is 0 Å². The Morgan fingerprint density at radius 1 is 1.15 bits per heavy atom. The van der Waals surface area contributed by atoms with E-state index in [1.165, 1.54) is 0 Å². The van der Waals surface area contributed by atoms with Crippen molar-refractivity contribution in [1.82, 2.24) is 15.3 Å². The van der Waals surface area contributed by atoms with Gasteiger partial charge in [-0.15, -0.1) is 0 Å². The molecule has 1 fully saturated rings. The van der Waals surface area contributed by atoms with Crippen molar-refractivity contribution in [3.8, 4) is 0 Å². The minimum atomic E-state index is -0.0512. The van der Waals surface area contributed by atoms with E-state index in [0.29, 0.717) is 13.1 Å². The number of amides is 1. The Kier molecular flexibility index (Phi) is 6.01. The van der Waals surface area contributed by atoms with Gasteiger partial charge in [0.2, 0.25) is 0 Å². The quantitative estimate of drug-likeness (QED) is 0.769. The third-order valence-electron chi connectivity index (χ3n) is 4.34. The molecule has 1 aromatic heterocycles. The topological polar surface area (TPSA) is 79.4 Å². The predicted molar refractivity (Wildman–Crippen MR) is 102 cm³/mol. The standard InChI is InChI=1S/C19H25N5O2/c1-14-3-4-15(2)16(11-14)19(25)21-6-5-20-17-12-18(23-13-22-17)24-7-9-26-10-8-24/h3-4,11-13H,5-10H2,1-2H3,(H,21,25)(H,20,22,23). The summed E-state index contributed by atoms with van der Waals surface area (Å²) in [7, 11) is 0. The highest BCUT2D eigenvalue weighted by atomic mass is 16.5. The third kappa shape index (κ3) is 4.70. The van der Waals surface area contributed by atoms with Crippen LogP contribution in [0.1, 0.15) is 21.5 Å². The fourth-order valence-corrected chi connectivity index (χ4v) is 2.85. The van der Waals surface area contributed by atoms with Crippen LogP contribution in [0.15, 0.2) is 30.6 Å². The molecule has 0 radical (unpaired) electrons. The lowest BCUT2D eigenvalue weighted by Gasteiger charge is -2.27. The molecule has 7 nitrogen and oxygen atoms in total. The number of benzene rings is 1. The first-order valence-electron chi connectivity index (χ1n) is 8.87. The second-order valence-electron chi connectivity index (χ2n) is 6.36. The minimum absolute atomic E-state index is 0.0512. The Labute approximate surface area is 153 Å². The molecular formula is C19H25N5O2. The van der Waals surface area contributed by atoms with Gasteiger partial charge in [-0.2, -0.15) is 0 Å². The number of nitrogens with zero attached hydrogens (tertiary/aromatic N) is 3. The molecule has 7 heteroatoms. The Morgan fingerprint density at radius 3 is 2.77 bits per heavy atom. The van der Waals surface area contributed by atoms with E-state index < -0.39 is 0 Å². The number of ether oxygens (including phenoxy) is 1. The maximum Gasteiger partial charge on any atom is 0.251 e. The highest BCUT2D eigenvalue weighted by Gasteiger charge is 2.13. The van der Waals surface area contributed by atoms with Crippen LogP contribution >= 0.6 is 0 Å². The molecule has 0 spiro atoms. The van der Waals surface area contributed by atoms with Crippen molar-refractivity contribution in [2.45, 2.75) is 13.8 Å². The van der Waals surface area contributed by atoms with Crippen LogP contribution in [0, 0.1) is 13.8 Å². The van der Waals surface area contributed by atoms with Crippen molar-refractivity contribution in [3.63, 3.8) is 0 Å². The summed E-state index contributed by atoms with van der Waals surface area (Å²) >= 11 is 0. The zero-order chi connectivity index (χ0) is 18.4. The Bertz CT molecular complexity index is 759. The number of anilines is 2. The van der Waals surface area contributed by atoms with Gasteiger partial charge in [-0.05, 0) is 25.5 Å². The monoisotopic (exact) mass is 355 g/mol. The van der Waals surface area contributed by atoms with Crippen LogP contribution in [-0.4, -0.2) is 55.3 Å². The van der Waals surface area contributed by atoms with E-state index >= 15 is 0 Å². The summed E-state index contributed by atoms with van der Waals surface area (Å²) < 4.78 is 5.36. The summed E-state index contributed by atoms with van der Waals surface area (Å²) in [5, 5.41) is 6.18. The molecule has 0 aliphatic carbocycles. The third-order valence-corrected chi connectivity index (χ3v) is 4.34. The molecule has 0 atom stereocenters. The van der Waals surface area contributed by atoms with Crippen molar-refractivity contribution in [2.24, 2.45) is 0 Å². The summed E-state index contributed by atoms with van der Waals surface area (Å²) in [6, 6.07) is 7.82. The Hall–Kier alpha value is -2.67. The van der Waals surface area contributed by atoms with E-state index in [-0.39, 0.29) is 5.91 Å². The van der Waals surface area contributed by atoms with Gasteiger partial charge >= 0.3 is 0 Å². The molecule has 1 aliphatic rings. The SMILES string of the molecule is Cc1ccc(C)c(C(=O)NCCNc2cc(N3CCOCC3)ncn2)c1. The number of nitrogens with one attached hydrogen (secondary N) is 2. The largest absolute Gasteiger partial charge is 0.378 e. The van der Waals surface area contributed by atoms with Gasteiger partial charge in [-0.3, -0.25) is 4.79 Å². The average Bonchev–Trinajstić information content (AvgIpc) is 2.68. The van der Waals surface area contributed by atoms with Gasteiger partial charge < -0.3 is 20.3 Å². The Balaban J connectivity index is 1.49. The average molecular weight is 355 g/mol. The smallest absolute Gasteiger partial charge is 0.251 e. The van der Waals surface area contributed by atoms with Crippen molar-refractivity contribution in [1.29, 1.82) is 0 Å². The minimum Gasteiger partial charge on any atom is -0.378 e. The second-order valence-corrected chi connectivity index (χ2v) is 6.36. The fourth-order valence-electron chi connectivity index (χ4n) is 2.85. The van der Waals surface area contributed by atoms with Gasteiger partial charge in [0, 0.05) is 37.8 Å². The predicted octanol–water partition coefficient (Wildman–Crippen LogP) is 1.77. The molecular weight excluding hydrogens is 330 g/mol. The van der Waals surface area contributed by atoms with Crippen LogP contribution in [0.3, 0.4) is 0 Å². The highest BCUT2D eigenvalue weighted by Crippen LogP contribution is 2.15. The summed E-state index contributed by atoms with van der Waals surface area (Å²) in [6.07, 6.45) is 1.56. The summed E-state index contributed by atoms with van der Waals surface area (Å²) in [4.78, 5) is 23.1. The molecule has 1 aliphatic heterocycles. The van der Waals surface area contributed by atoms with E-state index in [4.69, 9.17) is 4.74 Å². The van der Waals surface area contributed by atoms with E-state index in [0.717, 1.165) is 54.6 Å². The van der Waals surface area contributed by atoms with Gasteiger partial charge in [-0.25, -0.2) is 9.97 Å². The number of aryl methyl sites for hydroxylation is 2. The molecule has 2 N–H and O–H groups in total. The number of aromatic nitrogens is 2. The van der Waals surface area contributed by atoms with Crippen LogP contribution < -0.4 is 15.5 Å².